The zero-order chi connectivity index (χ0) is 55.6. The number of rotatable bonds is 14. The molecule has 81 heavy (non-hydrogen) atoms. The van der Waals surface area contributed by atoms with Gasteiger partial charge >= 0.3 is 23.9 Å². The molecule has 0 spiro atoms. The maximum atomic E-state index is 16.1. The highest BCUT2D eigenvalue weighted by Crippen LogP contribution is 2.67. The molecule has 0 saturated carbocycles. The number of esters is 4. The van der Waals surface area contributed by atoms with Crippen LogP contribution in [0, 0.1) is 5.41 Å². The lowest BCUT2D eigenvalue weighted by molar-refractivity contribution is -0.167. The van der Waals surface area contributed by atoms with Gasteiger partial charge in [0.1, 0.15) is 26.4 Å². The minimum atomic E-state index is -2.72. The van der Waals surface area contributed by atoms with E-state index in [2.05, 4.69) is 0 Å². The summed E-state index contributed by atoms with van der Waals surface area (Å²) in [6.07, 6.45) is 4.33. The van der Waals surface area contributed by atoms with Crippen molar-refractivity contribution >= 4 is 123 Å². The summed E-state index contributed by atoms with van der Waals surface area (Å²) >= 11 is 3.68. The molecule has 6 aromatic carbocycles. The van der Waals surface area contributed by atoms with Crippen LogP contribution in [0.3, 0.4) is 0 Å². The van der Waals surface area contributed by atoms with Gasteiger partial charge < -0.3 is 18.9 Å². The molecule has 15 heteroatoms. The van der Waals surface area contributed by atoms with Crippen molar-refractivity contribution in [3.63, 3.8) is 0 Å². The summed E-state index contributed by atoms with van der Waals surface area (Å²) in [5.74, 6) is -7.48. The van der Waals surface area contributed by atoms with E-state index in [0.29, 0.717) is 57.1 Å². The van der Waals surface area contributed by atoms with Gasteiger partial charge in [0.05, 0.1) is 14.1 Å². The third kappa shape index (κ3) is 8.22. The van der Waals surface area contributed by atoms with Crippen LogP contribution in [0.1, 0.15) is 69.4 Å². The lowest BCUT2D eigenvalue weighted by Crippen LogP contribution is -2.46. The molecule has 0 fully saturated rings. The van der Waals surface area contributed by atoms with E-state index in [9.17, 15) is 19.2 Å². The minimum Gasteiger partial charge on any atom is -0.459 e. The number of allylic oxidation sites excluding steroid dienone is 4. The van der Waals surface area contributed by atoms with Crippen LogP contribution in [0.5, 0.6) is 0 Å². The first-order valence-electron chi connectivity index (χ1n) is 25.6. The van der Waals surface area contributed by atoms with Gasteiger partial charge in [0.2, 0.25) is 34.0 Å². The molecule has 0 amide bonds. The molecule has 0 unspecified atom stereocenters. The van der Waals surface area contributed by atoms with Crippen molar-refractivity contribution < 1.29 is 57.3 Å². The molecular weight excluding hydrogens is 1080 g/mol. The fourth-order valence-corrected chi connectivity index (χ4v) is 15.5. The maximum absolute atomic E-state index is 16.1. The summed E-state index contributed by atoms with van der Waals surface area (Å²) in [6.45, 7) is -1.30. The van der Waals surface area contributed by atoms with E-state index in [1.54, 1.807) is 170 Å². The van der Waals surface area contributed by atoms with E-state index in [4.69, 9.17) is 18.9 Å². The van der Waals surface area contributed by atoms with E-state index in [-0.39, 0.29) is 75.9 Å². The molecular formula is C66H40O12S3. The quantitative estimate of drug-likeness (QED) is 0.0332. The summed E-state index contributed by atoms with van der Waals surface area (Å²) in [7, 11) is 0. The van der Waals surface area contributed by atoms with Crippen molar-refractivity contribution in [2.24, 2.45) is 5.41 Å². The number of ketones is 4. The summed E-state index contributed by atoms with van der Waals surface area (Å²) in [5, 5.41) is 0. The second-order valence-electron chi connectivity index (χ2n) is 19.6. The van der Waals surface area contributed by atoms with Gasteiger partial charge in [0.25, 0.3) is 0 Å². The number of fused-ring (bicyclic) bond motifs is 8. The predicted octanol–water partition coefficient (Wildman–Crippen LogP) is 12.2. The highest BCUT2D eigenvalue weighted by atomic mass is 32.1. The highest BCUT2D eigenvalue weighted by molar-refractivity contribution is 7.39. The van der Waals surface area contributed by atoms with Crippen molar-refractivity contribution in [3.05, 3.63) is 259 Å². The van der Waals surface area contributed by atoms with Gasteiger partial charge in [-0.15, -0.1) is 34.0 Å². The second kappa shape index (κ2) is 20.3. The van der Waals surface area contributed by atoms with Crippen molar-refractivity contribution in [1.29, 1.82) is 0 Å². The molecule has 0 saturated heterocycles. The Morgan fingerprint density at radius 1 is 0.407 bits per heavy atom. The lowest BCUT2D eigenvalue weighted by atomic mass is 9.75. The number of carbonyl (C=O) groups is 8. The van der Waals surface area contributed by atoms with Crippen molar-refractivity contribution in [2.75, 3.05) is 0 Å². The molecule has 4 aliphatic carbocycles. The van der Waals surface area contributed by atoms with Crippen molar-refractivity contribution in [1.82, 2.24) is 0 Å². The van der Waals surface area contributed by atoms with Crippen LogP contribution in [-0.4, -0.2) is 47.0 Å². The first-order valence-corrected chi connectivity index (χ1v) is 28.0. The Morgan fingerprint density at radius 3 is 1.25 bits per heavy atom. The molecule has 3 heterocycles. The standard InChI is InChI=1S/C66H40O12S3/c67-53-45-27-15-13-25-43(45)47(55(53)69)29-41-30-49-51(65(41,61(71)75-33-37-17-5-1-6-18-37)62(72)76-34-38-19-7-2-8-20-38)58-52(66(49,63(73)77-35-39-21-9-3-10-22-39)64(74)78-36-40-23-11-4-12-24-40)59-60(81-58)57-50(80-59)32-42(79-57)31-48-44-26-14-16-28-46(44)54(68)56(48)70/h1-32H,33-36H2/b47-29-,48-31-. The Kier molecular flexibility index (Phi) is 12.8. The maximum Gasteiger partial charge on any atom is 0.333 e. The first kappa shape index (κ1) is 50.9. The number of thiophene rings is 3. The van der Waals surface area contributed by atoms with Gasteiger partial charge in [-0.2, -0.15) is 0 Å². The molecule has 4 aliphatic rings. The second-order valence-corrected chi connectivity index (χ2v) is 22.7. The third-order valence-corrected chi connectivity index (χ3v) is 18.7. The normalized spacial score (nSPS) is 16.4. The van der Waals surface area contributed by atoms with Crippen LogP contribution in [0.2, 0.25) is 0 Å². The molecule has 0 aliphatic heterocycles. The smallest absolute Gasteiger partial charge is 0.333 e. The van der Waals surface area contributed by atoms with Crippen molar-refractivity contribution in [2.45, 2.75) is 31.8 Å². The Bertz CT molecular complexity index is 4220. The summed E-state index contributed by atoms with van der Waals surface area (Å²) in [6, 6.07) is 50.3. The monoisotopic (exact) mass is 1120 g/mol. The van der Waals surface area contributed by atoms with Gasteiger partial charge in [0, 0.05) is 47.9 Å². The van der Waals surface area contributed by atoms with E-state index in [1.165, 1.54) is 40.9 Å². The molecule has 394 valence electrons. The zero-order valence-electron chi connectivity index (χ0n) is 42.4. The third-order valence-electron chi connectivity index (χ3n) is 14.9. The van der Waals surface area contributed by atoms with Gasteiger partial charge in [-0.3, -0.25) is 38.4 Å². The Labute approximate surface area is 473 Å². The summed E-state index contributed by atoms with van der Waals surface area (Å²) in [5.41, 5.74) is -2.19. The molecule has 0 radical (unpaired) electrons. The van der Waals surface area contributed by atoms with Crippen LogP contribution in [-0.2, 0) is 79.6 Å². The molecule has 12 nitrogen and oxygen atoms in total. The van der Waals surface area contributed by atoms with Crippen LogP contribution < -0.4 is 0 Å². The summed E-state index contributed by atoms with van der Waals surface area (Å²) in [4.78, 5) is 120. The number of Topliss-reactive ketones (excluding diaryl/α,β-unsaturated/α-hetero) is 4. The number of benzene rings is 6. The fourth-order valence-electron chi connectivity index (χ4n) is 11.0. The molecule has 0 bridgehead atoms. The number of ether oxygens (including phenoxy) is 4. The van der Waals surface area contributed by atoms with Gasteiger partial charge in [-0.05, 0) is 62.7 Å². The van der Waals surface area contributed by atoms with E-state index in [0.717, 1.165) is 11.3 Å². The lowest BCUT2D eigenvalue weighted by Gasteiger charge is -2.30. The fraction of sp³-hybridized carbons (Fsp3) is 0.0909. The topological polar surface area (TPSA) is 173 Å². The van der Waals surface area contributed by atoms with Crippen LogP contribution in [0.4, 0.5) is 0 Å². The number of carbonyl (C=O) groups excluding carboxylic acids is 8. The average molecular weight is 1120 g/mol. The molecule has 13 rings (SSSR count). The molecule has 3 aromatic heterocycles. The minimum absolute atomic E-state index is 0.0962. The Balaban J connectivity index is 1.09. The molecule has 0 N–H and O–H groups in total. The van der Waals surface area contributed by atoms with Crippen LogP contribution >= 0.6 is 34.0 Å². The highest BCUT2D eigenvalue weighted by Gasteiger charge is 2.70. The average Bonchev–Trinajstić information content (AvgIpc) is 2.98. The SMILES string of the molecule is O=C1C(=O)c2ccccc2/C1=C/C1=CC2=C(c3sc4c(sc5cc(/C=C6\C(=O)C(=O)c7ccccc76)sc54)c3C2(C(=O)OCc2ccccc2)C(=O)OCc2ccccc2)C1(C(=O)OCc1ccccc1)C(=O)OCc1ccccc1. The van der Waals surface area contributed by atoms with E-state index >= 15 is 19.2 Å². The largest absolute Gasteiger partial charge is 0.459 e. The number of hydrogen-bond donors (Lipinski definition) is 0. The summed E-state index contributed by atoms with van der Waals surface area (Å²) < 4.78 is 27.6. The zero-order valence-corrected chi connectivity index (χ0v) is 44.9. The van der Waals surface area contributed by atoms with E-state index in [1.807, 2.05) is 6.07 Å². The van der Waals surface area contributed by atoms with Crippen LogP contribution in [0.15, 0.2) is 199 Å². The Morgan fingerprint density at radius 2 is 0.802 bits per heavy atom. The van der Waals surface area contributed by atoms with Gasteiger partial charge in [0.15, 0.2) is 0 Å². The van der Waals surface area contributed by atoms with Gasteiger partial charge in [-0.25, -0.2) is 0 Å². The Hall–Kier alpha value is -9.54. The molecule has 9 aromatic rings. The number of hydrogen-bond acceptors (Lipinski definition) is 15. The molecule has 0 atom stereocenters. The van der Waals surface area contributed by atoms with Crippen LogP contribution in [0.25, 0.3) is 41.6 Å². The van der Waals surface area contributed by atoms with E-state index < -0.39 is 57.8 Å². The first-order chi connectivity index (χ1) is 39.5. The van der Waals surface area contributed by atoms with Gasteiger partial charge in [-0.1, -0.05) is 176 Å². The van der Waals surface area contributed by atoms with Crippen molar-refractivity contribution in [3.8, 4) is 0 Å². The predicted molar refractivity (Wildman–Crippen MR) is 307 cm³/mol.